The summed E-state index contributed by atoms with van der Waals surface area (Å²) >= 11 is 0. The number of nitrogens with two attached hydrogens (primary N) is 1. The molecule has 1 saturated heterocycles. The summed E-state index contributed by atoms with van der Waals surface area (Å²) in [5.74, 6) is -1.98. The molecule has 0 aliphatic carbocycles. The van der Waals surface area contributed by atoms with Crippen molar-refractivity contribution in [2.45, 2.75) is 31.0 Å². The standard InChI is InChI=1S/C10H15F3N2O3/c1-18-6-9(8(14)17)3-2-4-15(9)7(16)5-10(11,12)13/h2-6H2,1H3,(H2,14,17). The van der Waals surface area contributed by atoms with E-state index in [0.717, 1.165) is 4.90 Å². The maximum absolute atomic E-state index is 12.2. The zero-order valence-corrected chi connectivity index (χ0v) is 9.92. The molecule has 1 rings (SSSR count). The first-order chi connectivity index (χ1) is 8.23. The lowest BCUT2D eigenvalue weighted by Gasteiger charge is -2.35. The van der Waals surface area contributed by atoms with E-state index in [1.54, 1.807) is 0 Å². The number of likely N-dealkylation sites (tertiary alicyclic amines) is 1. The van der Waals surface area contributed by atoms with Gasteiger partial charge in [-0.3, -0.25) is 9.59 Å². The lowest BCUT2D eigenvalue weighted by atomic mass is 9.96. The first kappa shape index (κ1) is 14.7. The number of amides is 2. The fourth-order valence-corrected chi connectivity index (χ4v) is 2.23. The molecule has 0 spiro atoms. The van der Waals surface area contributed by atoms with E-state index in [-0.39, 0.29) is 19.6 Å². The minimum Gasteiger partial charge on any atom is -0.382 e. The fraction of sp³-hybridized carbons (Fsp3) is 0.800. The molecule has 0 aromatic carbocycles. The van der Waals surface area contributed by atoms with Crippen molar-refractivity contribution in [1.29, 1.82) is 0 Å². The van der Waals surface area contributed by atoms with E-state index in [2.05, 4.69) is 0 Å². The van der Waals surface area contributed by atoms with Crippen LogP contribution < -0.4 is 5.73 Å². The van der Waals surface area contributed by atoms with Crippen LogP contribution in [0.3, 0.4) is 0 Å². The molecule has 1 heterocycles. The van der Waals surface area contributed by atoms with Crippen LogP contribution in [0.5, 0.6) is 0 Å². The second-order valence-corrected chi connectivity index (χ2v) is 4.27. The average molecular weight is 268 g/mol. The first-order valence-corrected chi connectivity index (χ1v) is 5.39. The molecule has 8 heteroatoms. The monoisotopic (exact) mass is 268 g/mol. The van der Waals surface area contributed by atoms with E-state index in [4.69, 9.17) is 10.5 Å². The lowest BCUT2D eigenvalue weighted by molar-refractivity contribution is -0.168. The summed E-state index contributed by atoms with van der Waals surface area (Å²) in [5.41, 5.74) is 3.77. The zero-order valence-electron chi connectivity index (χ0n) is 9.92. The molecule has 5 nitrogen and oxygen atoms in total. The normalized spacial score (nSPS) is 24.3. The van der Waals surface area contributed by atoms with Gasteiger partial charge in [0, 0.05) is 13.7 Å². The Hall–Kier alpha value is -1.31. The summed E-state index contributed by atoms with van der Waals surface area (Å²) in [6.45, 7) is -0.104. The van der Waals surface area contributed by atoms with Gasteiger partial charge in [0.2, 0.25) is 11.8 Å². The van der Waals surface area contributed by atoms with Crippen molar-refractivity contribution in [3.05, 3.63) is 0 Å². The van der Waals surface area contributed by atoms with Gasteiger partial charge in [0.05, 0.1) is 6.61 Å². The van der Waals surface area contributed by atoms with Crippen LogP contribution in [0, 0.1) is 0 Å². The second-order valence-electron chi connectivity index (χ2n) is 4.27. The molecule has 1 atom stereocenters. The van der Waals surface area contributed by atoms with Gasteiger partial charge in [-0.2, -0.15) is 13.2 Å². The van der Waals surface area contributed by atoms with Crippen LogP contribution >= 0.6 is 0 Å². The number of nitrogens with zero attached hydrogens (tertiary/aromatic N) is 1. The molecule has 1 aliphatic heterocycles. The highest BCUT2D eigenvalue weighted by Crippen LogP contribution is 2.32. The molecule has 0 aromatic rings. The van der Waals surface area contributed by atoms with Gasteiger partial charge in [0.15, 0.2) is 0 Å². The number of rotatable bonds is 4. The Kier molecular flexibility index (Phi) is 4.20. The van der Waals surface area contributed by atoms with Crippen molar-refractivity contribution in [3.63, 3.8) is 0 Å². The van der Waals surface area contributed by atoms with Gasteiger partial charge < -0.3 is 15.4 Å². The number of primary amides is 1. The summed E-state index contributed by atoms with van der Waals surface area (Å²) in [6.07, 6.45) is -5.54. The van der Waals surface area contributed by atoms with Gasteiger partial charge in [-0.25, -0.2) is 0 Å². The van der Waals surface area contributed by atoms with Crippen LogP contribution in [0.2, 0.25) is 0 Å². The molecule has 0 radical (unpaired) electrons. The zero-order chi connectivity index (χ0) is 14.0. The number of halogens is 3. The van der Waals surface area contributed by atoms with E-state index in [1.807, 2.05) is 0 Å². The average Bonchev–Trinajstić information content (AvgIpc) is 2.60. The van der Waals surface area contributed by atoms with Gasteiger partial charge in [-0.15, -0.1) is 0 Å². The molecule has 1 fully saturated rings. The van der Waals surface area contributed by atoms with E-state index < -0.39 is 30.0 Å². The van der Waals surface area contributed by atoms with Gasteiger partial charge >= 0.3 is 6.18 Å². The largest absolute Gasteiger partial charge is 0.397 e. The number of ether oxygens (including phenoxy) is 1. The lowest BCUT2D eigenvalue weighted by Crippen LogP contribution is -2.59. The van der Waals surface area contributed by atoms with Gasteiger partial charge in [-0.05, 0) is 12.8 Å². The molecule has 0 bridgehead atoms. The van der Waals surface area contributed by atoms with E-state index in [0.29, 0.717) is 6.42 Å². The third-order valence-corrected chi connectivity index (χ3v) is 2.98. The molecular weight excluding hydrogens is 253 g/mol. The van der Waals surface area contributed by atoms with Crippen molar-refractivity contribution >= 4 is 11.8 Å². The molecule has 0 aromatic heterocycles. The highest BCUT2D eigenvalue weighted by Gasteiger charge is 2.50. The van der Waals surface area contributed by atoms with Crippen LogP contribution in [-0.4, -0.2) is 48.7 Å². The Labute approximate surface area is 102 Å². The molecule has 2 N–H and O–H groups in total. The van der Waals surface area contributed by atoms with Crippen molar-refractivity contribution in [2.24, 2.45) is 5.73 Å². The predicted octanol–water partition coefficient (Wildman–Crippen LogP) is 0.432. The summed E-state index contributed by atoms with van der Waals surface area (Å²) in [7, 11) is 1.30. The SMILES string of the molecule is COCC1(C(N)=O)CCCN1C(=O)CC(F)(F)F. The third kappa shape index (κ3) is 2.92. The summed E-state index contributed by atoms with van der Waals surface area (Å²) in [5, 5.41) is 0. The topological polar surface area (TPSA) is 72.6 Å². The molecule has 18 heavy (non-hydrogen) atoms. The predicted molar refractivity (Wildman–Crippen MR) is 55.4 cm³/mol. The van der Waals surface area contributed by atoms with Crippen LogP contribution in [0.4, 0.5) is 13.2 Å². The number of hydrogen-bond acceptors (Lipinski definition) is 3. The number of alkyl halides is 3. The Morgan fingerprint density at radius 1 is 1.44 bits per heavy atom. The molecule has 104 valence electrons. The highest BCUT2D eigenvalue weighted by molar-refractivity contribution is 5.91. The number of methoxy groups -OCH3 is 1. The van der Waals surface area contributed by atoms with E-state index in [1.165, 1.54) is 7.11 Å². The van der Waals surface area contributed by atoms with Crippen molar-refractivity contribution < 1.29 is 27.5 Å². The van der Waals surface area contributed by atoms with Crippen LogP contribution in [0.15, 0.2) is 0 Å². The van der Waals surface area contributed by atoms with Crippen LogP contribution in [0.1, 0.15) is 19.3 Å². The maximum atomic E-state index is 12.2. The van der Waals surface area contributed by atoms with Crippen molar-refractivity contribution in [2.75, 3.05) is 20.3 Å². The van der Waals surface area contributed by atoms with E-state index in [9.17, 15) is 22.8 Å². The van der Waals surface area contributed by atoms with Crippen molar-refractivity contribution in [3.8, 4) is 0 Å². The molecular formula is C10H15F3N2O3. The molecule has 2 amide bonds. The fourth-order valence-electron chi connectivity index (χ4n) is 2.23. The summed E-state index contributed by atoms with van der Waals surface area (Å²) < 4.78 is 41.4. The molecule has 1 aliphatic rings. The number of hydrogen-bond donors (Lipinski definition) is 1. The number of carbonyl (C=O) groups excluding carboxylic acids is 2. The van der Waals surface area contributed by atoms with Gasteiger partial charge in [0.1, 0.15) is 12.0 Å². The minimum absolute atomic E-state index is 0.0845. The van der Waals surface area contributed by atoms with Crippen LogP contribution in [0.25, 0.3) is 0 Å². The van der Waals surface area contributed by atoms with Gasteiger partial charge in [0.25, 0.3) is 0 Å². The quantitative estimate of drug-likeness (QED) is 0.803. The van der Waals surface area contributed by atoms with E-state index >= 15 is 0 Å². The smallest absolute Gasteiger partial charge is 0.382 e. The maximum Gasteiger partial charge on any atom is 0.397 e. The van der Waals surface area contributed by atoms with Crippen LogP contribution in [-0.2, 0) is 14.3 Å². The molecule has 0 saturated carbocycles. The second kappa shape index (κ2) is 5.13. The molecule has 1 unspecified atom stereocenters. The number of carbonyl (C=O) groups is 2. The Balaban J connectivity index is 2.92. The van der Waals surface area contributed by atoms with Gasteiger partial charge in [-0.1, -0.05) is 0 Å². The highest BCUT2D eigenvalue weighted by atomic mass is 19.4. The Bertz CT molecular complexity index is 346. The third-order valence-electron chi connectivity index (χ3n) is 2.98. The van der Waals surface area contributed by atoms with Crippen molar-refractivity contribution in [1.82, 2.24) is 4.90 Å². The Morgan fingerprint density at radius 2 is 2.06 bits per heavy atom. The summed E-state index contributed by atoms with van der Waals surface area (Å²) in [6, 6.07) is 0. The first-order valence-electron chi connectivity index (χ1n) is 5.39. The minimum atomic E-state index is -4.60. The summed E-state index contributed by atoms with van der Waals surface area (Å²) in [4.78, 5) is 24.0. The Morgan fingerprint density at radius 3 is 2.50 bits per heavy atom.